The van der Waals surface area contributed by atoms with Gasteiger partial charge in [0.05, 0.1) is 37.3 Å². The fraction of sp³-hybridized carbons (Fsp3) is 0.267. The van der Waals surface area contributed by atoms with Crippen LogP contribution >= 0.6 is 0 Å². The molecule has 0 fully saturated rings. The summed E-state index contributed by atoms with van der Waals surface area (Å²) in [7, 11) is 1.23. The number of amides is 1. The predicted octanol–water partition coefficient (Wildman–Crippen LogP) is -1.33. The van der Waals surface area contributed by atoms with Crippen molar-refractivity contribution >= 4 is 23.5 Å². The van der Waals surface area contributed by atoms with E-state index in [1.165, 1.54) is 30.6 Å². The zero-order valence-electron chi connectivity index (χ0n) is 12.2. The molecule has 1 atom stereocenters. The molecule has 22 heavy (non-hydrogen) atoms. The summed E-state index contributed by atoms with van der Waals surface area (Å²) in [5, 5.41) is 14.9. The topological polar surface area (TPSA) is 112 Å². The molecule has 0 heterocycles. The highest BCUT2D eigenvalue weighted by Gasteiger charge is 2.19. The maximum absolute atomic E-state index is 12.0. The van der Waals surface area contributed by atoms with Crippen LogP contribution in [0.5, 0.6) is 0 Å². The van der Waals surface area contributed by atoms with Crippen LogP contribution in [0.1, 0.15) is 16.8 Å². The van der Waals surface area contributed by atoms with Gasteiger partial charge in [0.2, 0.25) is 5.91 Å². The number of carboxylic acid groups (broad SMARTS) is 1. The molecule has 1 amide bonds. The number of ether oxygens (including phenoxy) is 1. The average Bonchev–Trinajstić information content (AvgIpc) is 2.50. The number of anilines is 1. The maximum Gasteiger partial charge on any atom is 0.339 e. The number of nitrogens with one attached hydrogen (secondary N) is 1. The van der Waals surface area contributed by atoms with Crippen LogP contribution in [0, 0.1) is 0 Å². The Labute approximate surface area is 128 Å². The van der Waals surface area contributed by atoms with Crippen molar-refractivity contribution in [3.05, 3.63) is 42.5 Å². The van der Waals surface area contributed by atoms with Gasteiger partial charge < -0.3 is 25.3 Å². The van der Waals surface area contributed by atoms with Gasteiger partial charge in [-0.1, -0.05) is 18.7 Å². The van der Waals surface area contributed by atoms with Gasteiger partial charge in [-0.05, 0) is 18.2 Å². The van der Waals surface area contributed by atoms with Gasteiger partial charge in [-0.25, -0.2) is 4.79 Å². The molecular weight excluding hydrogens is 288 g/mol. The third-order valence-corrected chi connectivity index (χ3v) is 2.90. The monoisotopic (exact) mass is 306 g/mol. The Morgan fingerprint density at radius 1 is 1.41 bits per heavy atom. The van der Waals surface area contributed by atoms with Crippen LogP contribution < -0.4 is 15.7 Å². The fourth-order valence-corrected chi connectivity index (χ4v) is 1.80. The number of para-hydroxylation sites is 1. The summed E-state index contributed by atoms with van der Waals surface area (Å²) >= 11 is 0. The van der Waals surface area contributed by atoms with Crippen LogP contribution in [-0.2, 0) is 14.3 Å². The Hall–Kier alpha value is -2.67. The van der Waals surface area contributed by atoms with Crippen LogP contribution in [-0.4, -0.2) is 37.5 Å². The van der Waals surface area contributed by atoms with Gasteiger partial charge in [0, 0.05) is 0 Å². The number of methoxy groups -OCH3 is 1. The quantitative estimate of drug-likeness (QED) is 0.456. The third-order valence-electron chi connectivity index (χ3n) is 2.90. The first-order valence-corrected chi connectivity index (χ1v) is 6.61. The molecule has 0 aromatic heterocycles. The molecule has 7 heteroatoms. The van der Waals surface area contributed by atoms with Gasteiger partial charge in [0.25, 0.3) is 0 Å². The molecule has 1 aromatic rings. The van der Waals surface area contributed by atoms with Crippen molar-refractivity contribution in [3.8, 4) is 0 Å². The van der Waals surface area contributed by atoms with Crippen molar-refractivity contribution in [1.29, 1.82) is 0 Å². The van der Waals surface area contributed by atoms with Crippen molar-refractivity contribution < 1.29 is 29.5 Å². The third kappa shape index (κ3) is 5.02. The van der Waals surface area contributed by atoms with E-state index in [4.69, 9.17) is 0 Å². The standard InChI is InChI=1S/C15H18N2O5/c1-3-8-16-12(14(19)20)9-13(18)17-11-7-5-4-6-10(11)15(21)22-2/h3-7,12,16H,1,8-9H2,2H3,(H,17,18)(H,19,20)/t12-/m1/s1. The zero-order chi connectivity index (χ0) is 16.5. The highest BCUT2D eigenvalue weighted by molar-refractivity contribution is 6.01. The number of carbonyl (C=O) groups is 3. The number of benzene rings is 1. The second-order valence-electron chi connectivity index (χ2n) is 4.48. The van der Waals surface area contributed by atoms with Crippen molar-refractivity contribution in [3.63, 3.8) is 0 Å². The van der Waals surface area contributed by atoms with Crippen molar-refractivity contribution in [1.82, 2.24) is 0 Å². The fourth-order valence-electron chi connectivity index (χ4n) is 1.80. The van der Waals surface area contributed by atoms with Crippen LogP contribution in [0.2, 0.25) is 0 Å². The lowest BCUT2D eigenvalue weighted by Gasteiger charge is -2.16. The molecule has 0 radical (unpaired) electrons. The van der Waals surface area contributed by atoms with Crippen LogP contribution in [0.3, 0.4) is 0 Å². The van der Waals surface area contributed by atoms with Crippen molar-refractivity contribution in [2.45, 2.75) is 12.5 Å². The molecule has 0 unspecified atom stereocenters. The van der Waals surface area contributed by atoms with Gasteiger partial charge >= 0.3 is 5.97 Å². The predicted molar refractivity (Wildman–Crippen MR) is 76.8 cm³/mol. The first kappa shape index (κ1) is 17.4. The minimum absolute atomic E-state index is 0.193. The van der Waals surface area contributed by atoms with E-state index in [0.717, 1.165) is 0 Å². The number of esters is 1. The molecule has 0 saturated heterocycles. The number of carboxylic acids is 1. The summed E-state index contributed by atoms with van der Waals surface area (Å²) in [6.07, 6.45) is 1.24. The normalized spacial score (nSPS) is 11.3. The lowest BCUT2D eigenvalue weighted by atomic mass is 10.1. The number of carbonyl (C=O) groups excluding carboxylic acids is 3. The zero-order valence-corrected chi connectivity index (χ0v) is 12.2. The molecule has 7 nitrogen and oxygen atoms in total. The van der Waals surface area contributed by atoms with E-state index >= 15 is 0 Å². The second-order valence-corrected chi connectivity index (χ2v) is 4.48. The molecule has 118 valence electrons. The summed E-state index contributed by atoms with van der Waals surface area (Å²) in [6.45, 7) is 3.83. The van der Waals surface area contributed by atoms with Crippen molar-refractivity contribution in [2.75, 3.05) is 19.0 Å². The number of quaternary nitrogens is 1. The Balaban J connectivity index is 2.78. The lowest BCUT2D eigenvalue weighted by molar-refractivity contribution is -0.674. The first-order valence-electron chi connectivity index (χ1n) is 6.61. The maximum atomic E-state index is 12.0. The van der Waals surface area contributed by atoms with Crippen LogP contribution in [0.25, 0.3) is 0 Å². The Bertz CT molecular complexity index is 571. The number of aliphatic carboxylic acids is 1. The Morgan fingerprint density at radius 2 is 2.09 bits per heavy atom. The molecule has 1 rings (SSSR count). The molecule has 0 saturated carbocycles. The summed E-state index contributed by atoms with van der Waals surface area (Å²) < 4.78 is 4.62. The minimum atomic E-state index is -1.33. The Morgan fingerprint density at radius 3 is 2.68 bits per heavy atom. The second kappa shape index (κ2) is 8.58. The molecule has 3 N–H and O–H groups in total. The number of hydrogen-bond donors (Lipinski definition) is 2. The summed E-state index contributed by atoms with van der Waals surface area (Å²) in [5.41, 5.74) is 0.457. The van der Waals surface area contributed by atoms with Gasteiger partial charge in [-0.15, -0.1) is 0 Å². The van der Waals surface area contributed by atoms with Crippen LogP contribution in [0.4, 0.5) is 5.69 Å². The molecule has 0 spiro atoms. The smallest absolute Gasteiger partial charge is 0.339 e. The van der Waals surface area contributed by atoms with Gasteiger partial charge in [0.1, 0.15) is 6.04 Å². The van der Waals surface area contributed by atoms with E-state index in [1.807, 2.05) is 0 Å². The van der Waals surface area contributed by atoms with Gasteiger partial charge in [-0.2, -0.15) is 0 Å². The molecule has 1 aromatic carbocycles. The largest absolute Gasteiger partial charge is 0.544 e. The number of nitrogens with two attached hydrogens (primary N) is 1. The van der Waals surface area contributed by atoms with Gasteiger partial charge in [0.15, 0.2) is 0 Å². The highest BCUT2D eigenvalue weighted by atomic mass is 16.5. The Kier molecular flexibility index (Phi) is 6.78. The molecular formula is C15H18N2O5. The molecule has 0 aliphatic heterocycles. The minimum Gasteiger partial charge on any atom is -0.544 e. The van der Waals surface area contributed by atoms with Gasteiger partial charge in [-0.3, -0.25) is 4.79 Å². The molecule has 0 aliphatic carbocycles. The summed E-state index contributed by atoms with van der Waals surface area (Å²) in [6, 6.07) is 5.28. The lowest BCUT2D eigenvalue weighted by Crippen LogP contribution is -2.93. The van der Waals surface area contributed by atoms with E-state index in [0.29, 0.717) is 6.54 Å². The molecule has 0 aliphatic rings. The first-order chi connectivity index (χ1) is 10.5. The summed E-state index contributed by atoms with van der Waals surface area (Å²) in [5.74, 6) is -2.46. The van der Waals surface area contributed by atoms with E-state index in [2.05, 4.69) is 16.6 Å². The number of rotatable bonds is 8. The highest BCUT2D eigenvalue weighted by Crippen LogP contribution is 2.16. The van der Waals surface area contributed by atoms with E-state index in [9.17, 15) is 19.5 Å². The molecule has 0 bridgehead atoms. The van der Waals surface area contributed by atoms with E-state index < -0.39 is 23.9 Å². The summed E-state index contributed by atoms with van der Waals surface area (Å²) in [4.78, 5) is 34.5. The van der Waals surface area contributed by atoms with Crippen LogP contribution in [0.15, 0.2) is 36.9 Å². The SMILES string of the molecule is C=CC[NH2+][C@H](CC(=O)Nc1ccccc1C(=O)OC)C(=O)[O-]. The van der Waals surface area contributed by atoms with Crippen molar-refractivity contribution in [2.24, 2.45) is 0 Å². The van der Waals surface area contributed by atoms with E-state index in [-0.39, 0.29) is 17.7 Å². The average molecular weight is 306 g/mol. The number of hydrogen-bond acceptors (Lipinski definition) is 5. The van der Waals surface area contributed by atoms with E-state index in [1.54, 1.807) is 12.1 Å².